The third-order valence-corrected chi connectivity index (χ3v) is 4.38. The lowest BCUT2D eigenvalue weighted by Gasteiger charge is -2.28. The van der Waals surface area contributed by atoms with E-state index in [4.69, 9.17) is 9.47 Å². The lowest BCUT2D eigenvalue weighted by Crippen LogP contribution is -2.33. The van der Waals surface area contributed by atoms with E-state index in [2.05, 4.69) is 0 Å². The van der Waals surface area contributed by atoms with E-state index in [0.29, 0.717) is 18.6 Å². The Morgan fingerprint density at radius 2 is 1.90 bits per heavy atom. The van der Waals surface area contributed by atoms with Crippen molar-refractivity contribution in [2.75, 3.05) is 14.2 Å². The van der Waals surface area contributed by atoms with Crippen molar-refractivity contribution in [2.45, 2.75) is 44.4 Å². The molecule has 0 aliphatic heterocycles. The number of hydrogen-bond donors (Lipinski definition) is 1. The lowest BCUT2D eigenvalue weighted by atomic mass is 9.77. The predicted molar refractivity (Wildman–Crippen MR) is 76.7 cm³/mol. The van der Waals surface area contributed by atoms with Gasteiger partial charge in [-0.15, -0.1) is 0 Å². The summed E-state index contributed by atoms with van der Waals surface area (Å²) in [6.45, 7) is 2.02. The average Bonchev–Trinajstić information content (AvgIpc) is 2.96. The van der Waals surface area contributed by atoms with E-state index in [1.165, 1.54) is 0 Å². The first-order valence-corrected chi connectivity index (χ1v) is 7.08. The van der Waals surface area contributed by atoms with Crippen LogP contribution in [0.2, 0.25) is 0 Å². The summed E-state index contributed by atoms with van der Waals surface area (Å²) in [5.74, 6) is 0.684. The minimum absolute atomic E-state index is 0.675. The maximum atomic E-state index is 11.9. The zero-order chi connectivity index (χ0) is 14.8. The second kappa shape index (κ2) is 5.73. The molecule has 1 aromatic carbocycles. The van der Waals surface area contributed by atoms with E-state index < -0.39 is 11.4 Å². The van der Waals surface area contributed by atoms with Crippen LogP contribution in [0.5, 0.6) is 11.5 Å². The first-order chi connectivity index (χ1) is 9.60. The molecular formula is C16H22O4. The smallest absolute Gasteiger partial charge is 0.314 e. The number of hydrogen-bond acceptors (Lipinski definition) is 3. The molecule has 0 radical (unpaired) electrons. The number of carboxylic acids is 1. The van der Waals surface area contributed by atoms with E-state index in [-0.39, 0.29) is 0 Å². The van der Waals surface area contributed by atoms with Gasteiger partial charge in [-0.1, -0.05) is 25.8 Å². The van der Waals surface area contributed by atoms with Gasteiger partial charge in [0.15, 0.2) is 0 Å². The Bertz CT molecular complexity index is 501. The van der Waals surface area contributed by atoms with Crippen LogP contribution < -0.4 is 9.47 Å². The van der Waals surface area contributed by atoms with Crippen LogP contribution in [0, 0.1) is 0 Å². The number of carbonyl (C=O) groups is 1. The molecule has 0 atom stereocenters. The van der Waals surface area contributed by atoms with Crippen molar-refractivity contribution in [1.82, 2.24) is 0 Å². The molecule has 0 bridgehead atoms. The summed E-state index contributed by atoms with van der Waals surface area (Å²) in [7, 11) is 3.22. The Morgan fingerprint density at radius 3 is 2.35 bits per heavy atom. The van der Waals surface area contributed by atoms with Gasteiger partial charge >= 0.3 is 5.97 Å². The van der Waals surface area contributed by atoms with E-state index in [0.717, 1.165) is 36.1 Å². The molecule has 20 heavy (non-hydrogen) atoms. The molecule has 1 aliphatic rings. The normalized spacial score (nSPS) is 16.9. The second-order valence-corrected chi connectivity index (χ2v) is 5.28. The summed E-state index contributed by atoms with van der Waals surface area (Å²) >= 11 is 0. The molecule has 0 aromatic heterocycles. The Hall–Kier alpha value is -1.71. The van der Waals surface area contributed by atoms with Crippen LogP contribution in [0.4, 0.5) is 0 Å². The number of ether oxygens (including phenoxy) is 2. The molecule has 1 aromatic rings. The highest BCUT2D eigenvalue weighted by Gasteiger charge is 2.45. The van der Waals surface area contributed by atoms with Gasteiger partial charge in [0.05, 0.1) is 19.6 Å². The Labute approximate surface area is 119 Å². The maximum absolute atomic E-state index is 11.9. The number of carboxylic acid groups (broad SMARTS) is 1. The van der Waals surface area contributed by atoms with Crippen molar-refractivity contribution in [2.24, 2.45) is 0 Å². The van der Waals surface area contributed by atoms with Gasteiger partial charge in [0, 0.05) is 11.1 Å². The highest BCUT2D eigenvalue weighted by molar-refractivity contribution is 5.83. The number of methoxy groups -OCH3 is 2. The summed E-state index contributed by atoms with van der Waals surface area (Å²) in [6, 6.07) is 3.72. The summed E-state index contributed by atoms with van der Waals surface area (Å²) < 4.78 is 10.9. The quantitative estimate of drug-likeness (QED) is 0.899. The fourth-order valence-corrected chi connectivity index (χ4v) is 3.32. The molecule has 1 N–H and O–H groups in total. The molecule has 0 spiro atoms. The van der Waals surface area contributed by atoms with Gasteiger partial charge in [-0.05, 0) is 25.3 Å². The lowest BCUT2D eigenvalue weighted by molar-refractivity contribution is -0.143. The van der Waals surface area contributed by atoms with Gasteiger partial charge in [-0.3, -0.25) is 4.79 Å². The van der Waals surface area contributed by atoms with Gasteiger partial charge in [-0.25, -0.2) is 0 Å². The number of aliphatic carboxylic acids is 1. The minimum atomic E-state index is -0.804. The topological polar surface area (TPSA) is 55.8 Å². The molecule has 4 nitrogen and oxygen atoms in total. The van der Waals surface area contributed by atoms with E-state index in [1.807, 2.05) is 19.1 Å². The molecule has 0 saturated heterocycles. The Kier molecular flexibility index (Phi) is 4.21. The van der Waals surface area contributed by atoms with Crippen LogP contribution in [0.15, 0.2) is 12.1 Å². The highest BCUT2D eigenvalue weighted by atomic mass is 16.5. The van der Waals surface area contributed by atoms with E-state index in [9.17, 15) is 9.90 Å². The highest BCUT2D eigenvalue weighted by Crippen LogP contribution is 2.47. The van der Waals surface area contributed by atoms with Crippen LogP contribution in [0.1, 0.15) is 43.7 Å². The van der Waals surface area contributed by atoms with Crippen molar-refractivity contribution in [3.8, 4) is 11.5 Å². The molecule has 2 rings (SSSR count). The fraction of sp³-hybridized carbons (Fsp3) is 0.562. The zero-order valence-corrected chi connectivity index (χ0v) is 12.4. The maximum Gasteiger partial charge on any atom is 0.314 e. The standard InChI is InChI=1S/C16H22O4/c1-4-11-13(19-2)8-7-12(14(11)20-3)16(15(17)18)9-5-6-10-16/h7-8H,4-6,9-10H2,1-3H3,(H,17,18). The summed E-state index contributed by atoms with van der Waals surface area (Å²) in [6.07, 6.45) is 3.99. The van der Waals surface area contributed by atoms with Gasteiger partial charge in [0.25, 0.3) is 0 Å². The number of rotatable bonds is 5. The van der Waals surface area contributed by atoms with Crippen LogP contribution in [-0.4, -0.2) is 25.3 Å². The van der Waals surface area contributed by atoms with Crippen LogP contribution in [0.25, 0.3) is 0 Å². The Morgan fingerprint density at radius 1 is 1.25 bits per heavy atom. The van der Waals surface area contributed by atoms with Crippen molar-refractivity contribution in [3.63, 3.8) is 0 Å². The monoisotopic (exact) mass is 278 g/mol. The van der Waals surface area contributed by atoms with Crippen LogP contribution in [0.3, 0.4) is 0 Å². The Balaban J connectivity index is 2.64. The van der Waals surface area contributed by atoms with Crippen molar-refractivity contribution in [3.05, 3.63) is 23.3 Å². The molecular weight excluding hydrogens is 256 g/mol. The minimum Gasteiger partial charge on any atom is -0.496 e. The van der Waals surface area contributed by atoms with Crippen molar-refractivity contribution < 1.29 is 19.4 Å². The van der Waals surface area contributed by atoms with Gasteiger partial charge < -0.3 is 14.6 Å². The molecule has 0 amide bonds. The second-order valence-electron chi connectivity index (χ2n) is 5.28. The summed E-state index contributed by atoms with van der Waals surface area (Å²) in [5, 5.41) is 9.74. The van der Waals surface area contributed by atoms with Gasteiger partial charge in [0.2, 0.25) is 0 Å². The number of benzene rings is 1. The third kappa shape index (κ3) is 2.13. The molecule has 1 saturated carbocycles. The van der Waals surface area contributed by atoms with Crippen molar-refractivity contribution in [1.29, 1.82) is 0 Å². The van der Waals surface area contributed by atoms with Crippen LogP contribution >= 0.6 is 0 Å². The van der Waals surface area contributed by atoms with Crippen molar-refractivity contribution >= 4 is 5.97 Å². The SMILES string of the molecule is CCc1c(OC)ccc(C2(C(=O)O)CCCC2)c1OC. The third-order valence-electron chi connectivity index (χ3n) is 4.38. The molecule has 1 aliphatic carbocycles. The summed E-state index contributed by atoms with van der Waals surface area (Å²) in [4.78, 5) is 11.9. The first-order valence-electron chi connectivity index (χ1n) is 7.08. The zero-order valence-electron chi connectivity index (χ0n) is 12.4. The summed E-state index contributed by atoms with van der Waals surface area (Å²) in [5.41, 5.74) is 0.935. The van der Waals surface area contributed by atoms with Gasteiger partial charge in [0.1, 0.15) is 11.5 Å². The van der Waals surface area contributed by atoms with E-state index >= 15 is 0 Å². The largest absolute Gasteiger partial charge is 0.496 e. The average molecular weight is 278 g/mol. The molecule has 1 fully saturated rings. The fourth-order valence-electron chi connectivity index (χ4n) is 3.32. The van der Waals surface area contributed by atoms with Gasteiger partial charge in [-0.2, -0.15) is 0 Å². The van der Waals surface area contributed by atoms with Crippen LogP contribution in [-0.2, 0) is 16.6 Å². The molecule has 4 heteroatoms. The first kappa shape index (κ1) is 14.7. The molecule has 0 unspecified atom stereocenters. The predicted octanol–water partition coefficient (Wildman–Crippen LogP) is 3.16. The molecule has 0 heterocycles. The molecule has 110 valence electrons. The van der Waals surface area contributed by atoms with E-state index in [1.54, 1.807) is 14.2 Å².